The first-order chi connectivity index (χ1) is 21.7. The summed E-state index contributed by atoms with van der Waals surface area (Å²) >= 11 is 0. The van der Waals surface area contributed by atoms with Gasteiger partial charge in [-0.05, 0) is 63.5 Å². The Balaban J connectivity index is 1.33. The molecule has 3 N–H and O–H groups in total. The van der Waals surface area contributed by atoms with Gasteiger partial charge in [0.25, 0.3) is 11.8 Å². The van der Waals surface area contributed by atoms with E-state index >= 15 is 0 Å². The van der Waals surface area contributed by atoms with Crippen LogP contribution in [0.25, 0.3) is 5.69 Å². The van der Waals surface area contributed by atoms with Crippen LogP contribution in [0, 0.1) is 5.92 Å². The third-order valence-electron chi connectivity index (χ3n) is 8.40. The number of rotatable bonds is 13. The minimum absolute atomic E-state index is 0.0537. The Bertz CT molecular complexity index is 1400. The van der Waals surface area contributed by atoms with Crippen LogP contribution in [0.4, 0.5) is 4.79 Å². The molecule has 3 fully saturated rings. The van der Waals surface area contributed by atoms with Crippen molar-refractivity contribution in [2.24, 2.45) is 5.92 Å². The van der Waals surface area contributed by atoms with Gasteiger partial charge in [-0.25, -0.2) is 9.48 Å². The topological polar surface area (TPSA) is 172 Å². The molecule has 1 unspecified atom stereocenters. The monoisotopic (exact) mass is 624 g/mol. The van der Waals surface area contributed by atoms with Gasteiger partial charge >= 0.3 is 12.1 Å². The van der Waals surface area contributed by atoms with Gasteiger partial charge in [-0.2, -0.15) is 5.10 Å². The highest BCUT2D eigenvalue weighted by molar-refractivity contribution is 5.96. The normalized spacial score (nSPS) is 17.9. The molecule has 2 aromatic rings. The largest absolute Gasteiger partial charge is 0.481 e. The fourth-order valence-corrected chi connectivity index (χ4v) is 5.40. The molecule has 1 aromatic heterocycles. The van der Waals surface area contributed by atoms with Crippen molar-refractivity contribution < 1.29 is 38.6 Å². The molecule has 0 bridgehead atoms. The summed E-state index contributed by atoms with van der Waals surface area (Å²) in [6.07, 6.45) is 3.15. The molecule has 2 heterocycles. The van der Waals surface area contributed by atoms with Gasteiger partial charge < -0.3 is 35.0 Å². The summed E-state index contributed by atoms with van der Waals surface area (Å²) in [7, 11) is 0. The molecule has 4 amide bonds. The molecule has 1 atom stereocenters. The van der Waals surface area contributed by atoms with E-state index in [0.29, 0.717) is 31.0 Å². The summed E-state index contributed by atoms with van der Waals surface area (Å²) in [6, 6.07) is 9.34. The summed E-state index contributed by atoms with van der Waals surface area (Å²) in [5.41, 5.74) is -0.514. The molecule has 3 aliphatic rings. The van der Waals surface area contributed by atoms with E-state index in [-0.39, 0.29) is 63.1 Å². The first-order valence-electron chi connectivity index (χ1n) is 15.5. The van der Waals surface area contributed by atoms with Crippen molar-refractivity contribution >= 4 is 29.8 Å². The zero-order valence-corrected chi connectivity index (χ0v) is 25.4. The molecule has 0 radical (unpaired) electrons. The lowest BCUT2D eigenvalue weighted by Gasteiger charge is -2.39. The van der Waals surface area contributed by atoms with E-state index in [1.54, 1.807) is 19.1 Å². The average Bonchev–Trinajstić information content (AvgIpc) is 3.76. The predicted octanol–water partition coefficient (Wildman–Crippen LogP) is 1.96. The lowest BCUT2D eigenvalue weighted by Crippen LogP contribution is -2.56. The highest BCUT2D eigenvalue weighted by Crippen LogP contribution is 2.38. The second kappa shape index (κ2) is 14.0. The standard InChI is InChI=1S/C31H40N6O8/c1-2-44-30(43)36-17-15-35(16-18-36)28(41)23(11-12-26(38)39)33-27(40)24-19-25(37(34-24)22-7-4-3-5-8-22)45-31(13-6-14-31)29(42)32-20-21-9-10-21/h3-5,7-8,19,21,23H,2,6,9-18,20H2,1H3,(H,32,42)(H,33,40)(H,38,39). The molecule has 45 heavy (non-hydrogen) atoms. The molecule has 1 aromatic carbocycles. The molecular formula is C31H40N6O8. The minimum Gasteiger partial charge on any atom is -0.481 e. The molecular weight excluding hydrogens is 584 g/mol. The van der Waals surface area contributed by atoms with E-state index in [1.165, 1.54) is 20.5 Å². The zero-order chi connectivity index (χ0) is 32.0. The second-order valence-corrected chi connectivity index (χ2v) is 11.7. The van der Waals surface area contributed by atoms with Crippen LogP contribution in [0.3, 0.4) is 0 Å². The van der Waals surface area contributed by atoms with Crippen LogP contribution in [0.1, 0.15) is 62.4 Å². The minimum atomic E-state index is -1.14. The number of piperazine rings is 1. The Kier molecular flexibility index (Phi) is 9.89. The number of carbonyl (C=O) groups is 5. The molecule has 2 aliphatic carbocycles. The van der Waals surface area contributed by atoms with Crippen LogP contribution in [-0.2, 0) is 19.1 Å². The summed E-state index contributed by atoms with van der Waals surface area (Å²) in [5.74, 6) is -1.72. The highest BCUT2D eigenvalue weighted by atomic mass is 16.6. The summed E-state index contributed by atoms with van der Waals surface area (Å²) in [5, 5.41) is 19.5. The van der Waals surface area contributed by atoms with Crippen molar-refractivity contribution in [2.75, 3.05) is 39.3 Å². The van der Waals surface area contributed by atoms with E-state index in [2.05, 4.69) is 15.7 Å². The van der Waals surface area contributed by atoms with Gasteiger partial charge in [-0.1, -0.05) is 18.2 Å². The van der Waals surface area contributed by atoms with Crippen LogP contribution < -0.4 is 15.4 Å². The maximum Gasteiger partial charge on any atom is 0.409 e. The number of carboxylic acid groups (broad SMARTS) is 1. The highest BCUT2D eigenvalue weighted by Gasteiger charge is 2.48. The molecule has 5 rings (SSSR count). The van der Waals surface area contributed by atoms with Crippen LogP contribution in [0.5, 0.6) is 5.88 Å². The summed E-state index contributed by atoms with van der Waals surface area (Å²) in [4.78, 5) is 66.7. The number of amides is 4. The lowest BCUT2D eigenvalue weighted by molar-refractivity contribution is -0.145. The number of ether oxygens (including phenoxy) is 2. The van der Waals surface area contributed by atoms with Gasteiger partial charge in [0.2, 0.25) is 11.8 Å². The van der Waals surface area contributed by atoms with Crippen molar-refractivity contribution in [1.29, 1.82) is 0 Å². The maximum absolute atomic E-state index is 13.6. The first-order valence-corrected chi connectivity index (χ1v) is 15.5. The van der Waals surface area contributed by atoms with Crippen LogP contribution in [-0.4, -0.2) is 105 Å². The van der Waals surface area contributed by atoms with Gasteiger partial charge in [-0.3, -0.25) is 19.2 Å². The van der Waals surface area contributed by atoms with Gasteiger partial charge in [0, 0.05) is 45.2 Å². The van der Waals surface area contributed by atoms with Gasteiger partial charge in [0.05, 0.1) is 12.3 Å². The molecule has 14 nitrogen and oxygen atoms in total. The summed E-state index contributed by atoms with van der Waals surface area (Å²) in [6.45, 7) is 3.49. The maximum atomic E-state index is 13.6. The summed E-state index contributed by atoms with van der Waals surface area (Å²) < 4.78 is 12.8. The molecule has 2 saturated carbocycles. The second-order valence-electron chi connectivity index (χ2n) is 11.7. The molecule has 1 saturated heterocycles. The fraction of sp³-hybridized carbons (Fsp3) is 0.548. The number of nitrogens with one attached hydrogen (secondary N) is 2. The Morgan fingerprint density at radius 2 is 1.73 bits per heavy atom. The fourth-order valence-electron chi connectivity index (χ4n) is 5.40. The number of hydrogen-bond donors (Lipinski definition) is 3. The molecule has 14 heteroatoms. The first kappa shape index (κ1) is 31.8. The van der Waals surface area contributed by atoms with Crippen molar-refractivity contribution in [2.45, 2.75) is 63.5 Å². The Morgan fingerprint density at radius 1 is 1.04 bits per heavy atom. The Labute approximate surface area is 261 Å². The van der Waals surface area contributed by atoms with Gasteiger partial charge in [0.15, 0.2) is 11.3 Å². The van der Waals surface area contributed by atoms with Gasteiger partial charge in [-0.15, -0.1) is 0 Å². The number of benzene rings is 1. The number of carbonyl (C=O) groups excluding carboxylic acids is 4. The van der Waals surface area contributed by atoms with Crippen LogP contribution in [0.15, 0.2) is 36.4 Å². The van der Waals surface area contributed by atoms with Crippen LogP contribution >= 0.6 is 0 Å². The number of para-hydroxylation sites is 1. The van der Waals surface area contributed by atoms with Crippen molar-refractivity contribution in [3.05, 3.63) is 42.1 Å². The third-order valence-corrected chi connectivity index (χ3v) is 8.40. The van der Waals surface area contributed by atoms with E-state index in [9.17, 15) is 29.1 Å². The van der Waals surface area contributed by atoms with E-state index in [1.807, 2.05) is 18.2 Å². The number of aromatic nitrogens is 2. The number of hydrogen-bond acceptors (Lipinski definition) is 8. The Hall–Kier alpha value is -4.62. The molecule has 0 spiro atoms. The van der Waals surface area contributed by atoms with E-state index in [4.69, 9.17) is 9.47 Å². The average molecular weight is 625 g/mol. The zero-order valence-electron chi connectivity index (χ0n) is 25.4. The number of aliphatic carboxylic acids is 1. The van der Waals surface area contributed by atoms with E-state index in [0.717, 1.165) is 19.3 Å². The van der Waals surface area contributed by atoms with E-state index < -0.39 is 35.5 Å². The van der Waals surface area contributed by atoms with Crippen molar-refractivity contribution in [3.8, 4) is 11.6 Å². The lowest BCUT2D eigenvalue weighted by atomic mass is 9.79. The molecule has 1 aliphatic heterocycles. The van der Waals surface area contributed by atoms with Gasteiger partial charge in [0.1, 0.15) is 6.04 Å². The van der Waals surface area contributed by atoms with Crippen LogP contribution in [0.2, 0.25) is 0 Å². The van der Waals surface area contributed by atoms with Crippen molar-refractivity contribution in [3.63, 3.8) is 0 Å². The number of carboxylic acids is 1. The van der Waals surface area contributed by atoms with Crippen molar-refractivity contribution in [1.82, 2.24) is 30.2 Å². The SMILES string of the molecule is CCOC(=O)N1CCN(C(=O)C(CCC(=O)O)NC(=O)c2cc(OC3(C(=O)NCC4CC4)CCC3)n(-c3ccccc3)n2)CC1. The quantitative estimate of drug-likeness (QED) is 0.301. The Morgan fingerprint density at radius 3 is 2.33 bits per heavy atom. The smallest absolute Gasteiger partial charge is 0.409 e. The third kappa shape index (κ3) is 7.73. The predicted molar refractivity (Wildman–Crippen MR) is 160 cm³/mol. The number of nitrogens with zero attached hydrogens (tertiary/aromatic N) is 4. The molecule has 242 valence electrons.